The van der Waals surface area contributed by atoms with Crippen LogP contribution in [-0.4, -0.2) is 65.7 Å². The highest BCUT2D eigenvalue weighted by Gasteiger charge is 2.32. The van der Waals surface area contributed by atoms with Crippen LogP contribution in [-0.2, 0) is 9.53 Å². The van der Waals surface area contributed by atoms with Crippen molar-refractivity contribution in [1.29, 1.82) is 0 Å². The van der Waals surface area contributed by atoms with Gasteiger partial charge in [-0.3, -0.25) is 9.59 Å². The van der Waals surface area contributed by atoms with Crippen molar-refractivity contribution in [3.63, 3.8) is 0 Å². The number of carbonyl (C=O) groups is 2. The van der Waals surface area contributed by atoms with Gasteiger partial charge in [-0.25, -0.2) is 0 Å². The van der Waals surface area contributed by atoms with E-state index in [1.54, 1.807) is 15.9 Å². The lowest BCUT2D eigenvalue weighted by molar-refractivity contribution is -0.142. The standard InChI is InChI=1S/C19H21N3O4/c23-18(15-13-17(26-20-15)14-5-2-1-3-6-14)21-8-10-22(11-9-21)19(24)16-7-4-12-25-16/h1-3,5-6,13,16H,4,7-12H2. The molecule has 1 aromatic carbocycles. The Hall–Kier alpha value is -2.67. The van der Waals surface area contributed by atoms with Crippen LogP contribution >= 0.6 is 0 Å². The summed E-state index contributed by atoms with van der Waals surface area (Å²) in [5.74, 6) is 0.448. The van der Waals surface area contributed by atoms with Gasteiger partial charge in [-0.15, -0.1) is 0 Å². The summed E-state index contributed by atoms with van der Waals surface area (Å²) >= 11 is 0. The van der Waals surface area contributed by atoms with Gasteiger partial charge in [0, 0.05) is 44.4 Å². The van der Waals surface area contributed by atoms with E-state index in [1.807, 2.05) is 30.3 Å². The van der Waals surface area contributed by atoms with Crippen LogP contribution in [0.25, 0.3) is 11.3 Å². The van der Waals surface area contributed by atoms with Crippen molar-refractivity contribution in [3.05, 3.63) is 42.1 Å². The summed E-state index contributed by atoms with van der Waals surface area (Å²) in [5.41, 5.74) is 1.17. The molecule has 26 heavy (non-hydrogen) atoms. The monoisotopic (exact) mass is 355 g/mol. The molecule has 0 spiro atoms. The van der Waals surface area contributed by atoms with Crippen LogP contribution in [0.2, 0.25) is 0 Å². The maximum Gasteiger partial charge on any atom is 0.276 e. The molecule has 0 saturated carbocycles. The van der Waals surface area contributed by atoms with Crippen LogP contribution in [0.4, 0.5) is 0 Å². The van der Waals surface area contributed by atoms with Gasteiger partial charge in [0.15, 0.2) is 11.5 Å². The second kappa shape index (κ2) is 7.29. The lowest BCUT2D eigenvalue weighted by Gasteiger charge is -2.35. The summed E-state index contributed by atoms with van der Waals surface area (Å²) in [4.78, 5) is 28.5. The van der Waals surface area contributed by atoms with Gasteiger partial charge in [-0.2, -0.15) is 0 Å². The summed E-state index contributed by atoms with van der Waals surface area (Å²) in [7, 11) is 0. The molecule has 2 aliphatic heterocycles. The largest absolute Gasteiger partial charge is 0.368 e. The van der Waals surface area contributed by atoms with Gasteiger partial charge < -0.3 is 19.1 Å². The average molecular weight is 355 g/mol. The third kappa shape index (κ3) is 3.35. The fraction of sp³-hybridized carbons (Fsp3) is 0.421. The Labute approximate surface area is 151 Å². The summed E-state index contributed by atoms with van der Waals surface area (Å²) < 4.78 is 10.8. The normalized spacial score (nSPS) is 20.4. The van der Waals surface area contributed by atoms with E-state index in [0.29, 0.717) is 44.2 Å². The van der Waals surface area contributed by atoms with E-state index in [1.165, 1.54) is 0 Å². The fourth-order valence-corrected chi connectivity index (χ4v) is 3.38. The minimum absolute atomic E-state index is 0.0439. The molecule has 2 saturated heterocycles. The van der Waals surface area contributed by atoms with Crippen molar-refractivity contribution >= 4 is 11.8 Å². The molecule has 136 valence electrons. The van der Waals surface area contributed by atoms with Gasteiger partial charge in [-0.05, 0) is 12.8 Å². The highest BCUT2D eigenvalue weighted by molar-refractivity contribution is 5.93. The first kappa shape index (κ1) is 16.8. The molecule has 0 N–H and O–H groups in total. The molecular weight excluding hydrogens is 334 g/mol. The summed E-state index contributed by atoms with van der Waals surface area (Å²) in [6.45, 7) is 2.68. The number of piperazine rings is 1. The van der Waals surface area contributed by atoms with Crippen molar-refractivity contribution < 1.29 is 18.8 Å². The molecule has 2 aromatic rings. The van der Waals surface area contributed by atoms with Gasteiger partial charge in [0.1, 0.15) is 6.10 Å². The summed E-state index contributed by atoms with van der Waals surface area (Å²) in [6.07, 6.45) is 1.42. The van der Waals surface area contributed by atoms with Gasteiger partial charge in [0.25, 0.3) is 11.8 Å². The Balaban J connectivity index is 1.36. The number of nitrogens with zero attached hydrogens (tertiary/aromatic N) is 3. The fourth-order valence-electron chi connectivity index (χ4n) is 3.38. The van der Waals surface area contributed by atoms with Gasteiger partial charge in [0.05, 0.1) is 0 Å². The molecule has 2 amide bonds. The van der Waals surface area contributed by atoms with Crippen molar-refractivity contribution in [1.82, 2.24) is 15.0 Å². The minimum atomic E-state index is -0.304. The number of benzene rings is 1. The molecule has 0 bridgehead atoms. The van der Waals surface area contributed by atoms with Crippen LogP contribution in [0.15, 0.2) is 40.9 Å². The third-order valence-corrected chi connectivity index (χ3v) is 4.87. The molecule has 7 heteroatoms. The van der Waals surface area contributed by atoms with Crippen LogP contribution in [0.1, 0.15) is 23.3 Å². The maximum absolute atomic E-state index is 12.7. The van der Waals surface area contributed by atoms with Crippen LogP contribution < -0.4 is 0 Å². The molecule has 1 unspecified atom stereocenters. The zero-order valence-electron chi connectivity index (χ0n) is 14.5. The molecule has 1 aromatic heterocycles. The SMILES string of the molecule is O=C(c1cc(-c2ccccc2)on1)N1CCN(C(=O)C2CCCO2)CC1. The lowest BCUT2D eigenvalue weighted by Crippen LogP contribution is -2.52. The second-order valence-corrected chi connectivity index (χ2v) is 6.56. The topological polar surface area (TPSA) is 75.9 Å². The van der Waals surface area contributed by atoms with Crippen LogP contribution in [0.3, 0.4) is 0 Å². The predicted octanol–water partition coefficient (Wildman–Crippen LogP) is 1.80. The summed E-state index contributed by atoms with van der Waals surface area (Å²) in [5, 5.41) is 3.92. The number of hydrogen-bond acceptors (Lipinski definition) is 5. The number of hydrogen-bond donors (Lipinski definition) is 0. The minimum Gasteiger partial charge on any atom is -0.368 e. The lowest BCUT2D eigenvalue weighted by atomic mass is 10.1. The maximum atomic E-state index is 12.7. The van der Waals surface area contributed by atoms with E-state index in [4.69, 9.17) is 9.26 Å². The first-order chi connectivity index (χ1) is 12.7. The molecule has 0 aliphatic carbocycles. The average Bonchev–Trinajstić information content (AvgIpc) is 3.40. The quantitative estimate of drug-likeness (QED) is 0.839. The van der Waals surface area contributed by atoms with E-state index in [2.05, 4.69) is 5.16 Å². The molecular formula is C19H21N3O4. The Kier molecular flexibility index (Phi) is 4.71. The van der Waals surface area contributed by atoms with Gasteiger partial charge >= 0.3 is 0 Å². The van der Waals surface area contributed by atoms with E-state index < -0.39 is 0 Å². The van der Waals surface area contributed by atoms with Crippen molar-refractivity contribution in [2.75, 3.05) is 32.8 Å². The second-order valence-electron chi connectivity index (χ2n) is 6.56. The smallest absolute Gasteiger partial charge is 0.276 e. The highest BCUT2D eigenvalue weighted by atomic mass is 16.5. The van der Waals surface area contributed by atoms with Crippen LogP contribution in [0.5, 0.6) is 0 Å². The van der Waals surface area contributed by atoms with E-state index in [0.717, 1.165) is 18.4 Å². The van der Waals surface area contributed by atoms with E-state index in [9.17, 15) is 9.59 Å². The molecule has 3 heterocycles. The van der Waals surface area contributed by atoms with Crippen molar-refractivity contribution in [2.24, 2.45) is 0 Å². The molecule has 4 rings (SSSR count). The third-order valence-electron chi connectivity index (χ3n) is 4.87. The summed E-state index contributed by atoms with van der Waals surface area (Å²) in [6, 6.07) is 11.2. The Morgan fingerprint density at radius 3 is 2.46 bits per heavy atom. The molecule has 7 nitrogen and oxygen atoms in total. The number of amides is 2. The number of rotatable bonds is 3. The number of aromatic nitrogens is 1. The Morgan fingerprint density at radius 1 is 1.04 bits per heavy atom. The highest BCUT2D eigenvalue weighted by Crippen LogP contribution is 2.21. The van der Waals surface area contributed by atoms with E-state index in [-0.39, 0.29) is 17.9 Å². The number of ether oxygens (including phenoxy) is 1. The van der Waals surface area contributed by atoms with E-state index >= 15 is 0 Å². The molecule has 2 aliphatic rings. The van der Waals surface area contributed by atoms with Crippen molar-refractivity contribution in [3.8, 4) is 11.3 Å². The molecule has 2 fully saturated rings. The van der Waals surface area contributed by atoms with Crippen LogP contribution in [0, 0.1) is 0 Å². The Bertz CT molecular complexity index is 775. The van der Waals surface area contributed by atoms with Crippen molar-refractivity contribution in [2.45, 2.75) is 18.9 Å². The van der Waals surface area contributed by atoms with Gasteiger partial charge in [-0.1, -0.05) is 35.5 Å². The first-order valence-electron chi connectivity index (χ1n) is 8.94. The zero-order valence-corrected chi connectivity index (χ0v) is 14.5. The molecule has 0 radical (unpaired) electrons. The van der Waals surface area contributed by atoms with Gasteiger partial charge in [0.2, 0.25) is 0 Å². The Morgan fingerprint density at radius 2 is 1.77 bits per heavy atom. The zero-order chi connectivity index (χ0) is 17.9. The first-order valence-corrected chi connectivity index (χ1v) is 8.94. The molecule has 1 atom stereocenters. The predicted molar refractivity (Wildman–Crippen MR) is 93.4 cm³/mol. The number of carbonyl (C=O) groups excluding carboxylic acids is 2.